The van der Waals surface area contributed by atoms with Crippen LogP contribution in [0.2, 0.25) is 0 Å². The van der Waals surface area contributed by atoms with Gasteiger partial charge in [0.1, 0.15) is 5.82 Å². The zero-order valence-corrected chi connectivity index (χ0v) is 14.2. The minimum absolute atomic E-state index is 0.223. The highest BCUT2D eigenvalue weighted by molar-refractivity contribution is 5.73. The molecule has 0 aliphatic carbocycles. The molecule has 5 heteroatoms. The number of carbonyl (C=O) groups is 1. The topological polar surface area (TPSA) is 44.4 Å². The first-order valence-corrected chi connectivity index (χ1v) is 8.16. The van der Waals surface area contributed by atoms with E-state index in [1.54, 1.807) is 12.1 Å². The molecule has 2 aromatic rings. The molecule has 2 N–H and O–H groups in total. The van der Waals surface area contributed by atoms with Gasteiger partial charge in [-0.05, 0) is 49.2 Å². The first-order chi connectivity index (χ1) is 11.6. The molecule has 0 atom stereocenters. The van der Waals surface area contributed by atoms with Crippen molar-refractivity contribution in [3.05, 3.63) is 65.5 Å². The Bertz CT molecular complexity index is 658. The molecular weight excluding hydrogens is 305 g/mol. The molecule has 0 aromatic heterocycles. The lowest BCUT2D eigenvalue weighted by Gasteiger charge is -2.23. The largest absolute Gasteiger partial charge is 0.370 e. The van der Waals surface area contributed by atoms with Crippen LogP contribution in [0.3, 0.4) is 0 Å². The summed E-state index contributed by atoms with van der Waals surface area (Å²) >= 11 is 0. The number of nitrogens with zero attached hydrogens (tertiary/aromatic N) is 1. The number of carbonyl (C=O) groups excluding carboxylic acids is 1. The second kappa shape index (κ2) is 8.91. The number of nitrogens with one attached hydrogen (secondary N) is 2. The number of rotatable bonds is 7. The van der Waals surface area contributed by atoms with E-state index < -0.39 is 0 Å². The summed E-state index contributed by atoms with van der Waals surface area (Å²) in [5.74, 6) is -0.279. The van der Waals surface area contributed by atoms with Crippen molar-refractivity contribution < 1.29 is 9.18 Å². The SMILES string of the molecule is CCN(CCNC(=O)NCc1ccc(F)cc1)c1cccc(C)c1. The standard InChI is InChI=1S/C19H24FN3O/c1-3-23(18-6-4-5-15(2)13-18)12-11-21-19(24)22-14-16-7-9-17(20)10-8-16/h4-10,13H,3,11-12,14H2,1-2H3,(H2,21,22,24). The molecule has 0 heterocycles. The summed E-state index contributed by atoms with van der Waals surface area (Å²) in [4.78, 5) is 14.0. The average molecular weight is 329 g/mol. The molecule has 0 aliphatic rings. The predicted molar refractivity (Wildman–Crippen MR) is 95.7 cm³/mol. The quantitative estimate of drug-likeness (QED) is 0.817. The average Bonchev–Trinajstić information content (AvgIpc) is 2.58. The number of urea groups is 1. The molecule has 2 rings (SSSR count). The van der Waals surface area contributed by atoms with Crippen LogP contribution in [0.15, 0.2) is 48.5 Å². The van der Waals surface area contributed by atoms with Crippen molar-refractivity contribution in [2.45, 2.75) is 20.4 Å². The van der Waals surface area contributed by atoms with Gasteiger partial charge in [0.2, 0.25) is 0 Å². The third kappa shape index (κ3) is 5.57. The van der Waals surface area contributed by atoms with Gasteiger partial charge in [0.05, 0.1) is 0 Å². The molecule has 0 aliphatic heterocycles. The van der Waals surface area contributed by atoms with Gasteiger partial charge in [0.15, 0.2) is 0 Å². The highest BCUT2D eigenvalue weighted by Crippen LogP contribution is 2.14. The maximum atomic E-state index is 12.8. The van der Waals surface area contributed by atoms with E-state index in [-0.39, 0.29) is 11.8 Å². The Morgan fingerprint density at radius 2 is 1.88 bits per heavy atom. The highest BCUT2D eigenvalue weighted by Gasteiger charge is 2.05. The Morgan fingerprint density at radius 3 is 2.54 bits per heavy atom. The van der Waals surface area contributed by atoms with Gasteiger partial charge < -0.3 is 15.5 Å². The van der Waals surface area contributed by atoms with Crippen LogP contribution in [0.25, 0.3) is 0 Å². The van der Waals surface area contributed by atoms with Gasteiger partial charge in [0.25, 0.3) is 0 Å². The molecule has 0 unspecified atom stereocenters. The normalized spacial score (nSPS) is 10.3. The zero-order valence-electron chi connectivity index (χ0n) is 14.2. The number of amides is 2. The maximum Gasteiger partial charge on any atom is 0.315 e. The van der Waals surface area contributed by atoms with E-state index in [4.69, 9.17) is 0 Å². The molecule has 0 spiro atoms. The molecular formula is C19H24FN3O. The van der Waals surface area contributed by atoms with Crippen LogP contribution in [-0.4, -0.2) is 25.7 Å². The number of hydrogen-bond donors (Lipinski definition) is 2. The predicted octanol–water partition coefficient (Wildman–Crippen LogP) is 3.46. The molecule has 24 heavy (non-hydrogen) atoms. The Morgan fingerprint density at radius 1 is 1.12 bits per heavy atom. The minimum Gasteiger partial charge on any atom is -0.370 e. The fourth-order valence-electron chi connectivity index (χ4n) is 2.45. The van der Waals surface area contributed by atoms with E-state index in [0.29, 0.717) is 13.1 Å². The summed E-state index contributed by atoms with van der Waals surface area (Å²) in [7, 11) is 0. The van der Waals surface area contributed by atoms with Crippen molar-refractivity contribution >= 4 is 11.7 Å². The van der Waals surface area contributed by atoms with Crippen LogP contribution in [0.5, 0.6) is 0 Å². The van der Waals surface area contributed by atoms with Gasteiger partial charge in [-0.1, -0.05) is 24.3 Å². The van der Waals surface area contributed by atoms with E-state index in [1.807, 2.05) is 6.07 Å². The van der Waals surface area contributed by atoms with Crippen LogP contribution in [0, 0.1) is 12.7 Å². The third-order valence-electron chi connectivity index (χ3n) is 3.78. The first-order valence-electron chi connectivity index (χ1n) is 8.16. The smallest absolute Gasteiger partial charge is 0.315 e. The number of halogens is 1. The number of hydrogen-bond acceptors (Lipinski definition) is 2. The van der Waals surface area contributed by atoms with Crippen molar-refractivity contribution in [3.63, 3.8) is 0 Å². The summed E-state index contributed by atoms with van der Waals surface area (Å²) in [6, 6.07) is 14.2. The van der Waals surface area contributed by atoms with E-state index in [2.05, 4.69) is 47.6 Å². The van der Waals surface area contributed by atoms with E-state index in [1.165, 1.54) is 17.7 Å². The van der Waals surface area contributed by atoms with E-state index >= 15 is 0 Å². The third-order valence-corrected chi connectivity index (χ3v) is 3.78. The molecule has 128 valence electrons. The van der Waals surface area contributed by atoms with E-state index in [9.17, 15) is 9.18 Å². The van der Waals surface area contributed by atoms with E-state index in [0.717, 1.165) is 24.3 Å². The Kier molecular flexibility index (Phi) is 6.61. The van der Waals surface area contributed by atoms with Crippen molar-refractivity contribution in [2.75, 3.05) is 24.5 Å². The second-order valence-corrected chi connectivity index (χ2v) is 5.65. The summed E-state index contributed by atoms with van der Waals surface area (Å²) in [6.07, 6.45) is 0. The number of benzene rings is 2. The molecule has 2 amide bonds. The fraction of sp³-hybridized carbons (Fsp3) is 0.316. The lowest BCUT2D eigenvalue weighted by molar-refractivity contribution is 0.240. The van der Waals surface area contributed by atoms with Gasteiger partial charge in [-0.3, -0.25) is 0 Å². The molecule has 0 saturated carbocycles. The van der Waals surface area contributed by atoms with Gasteiger partial charge in [-0.15, -0.1) is 0 Å². The monoisotopic (exact) mass is 329 g/mol. The van der Waals surface area contributed by atoms with Crippen LogP contribution in [-0.2, 0) is 6.54 Å². The fourth-order valence-corrected chi connectivity index (χ4v) is 2.45. The molecule has 0 bridgehead atoms. The highest BCUT2D eigenvalue weighted by atomic mass is 19.1. The molecule has 0 fully saturated rings. The van der Waals surface area contributed by atoms with Crippen LogP contribution in [0.1, 0.15) is 18.1 Å². The van der Waals surface area contributed by atoms with Crippen molar-refractivity contribution in [3.8, 4) is 0 Å². The summed E-state index contributed by atoms with van der Waals surface area (Å²) < 4.78 is 12.8. The van der Waals surface area contributed by atoms with Crippen molar-refractivity contribution in [2.24, 2.45) is 0 Å². The van der Waals surface area contributed by atoms with Gasteiger partial charge in [-0.25, -0.2) is 9.18 Å². The maximum absolute atomic E-state index is 12.8. The summed E-state index contributed by atoms with van der Waals surface area (Å²) in [5, 5.41) is 5.62. The Balaban J connectivity index is 1.74. The molecule has 2 aromatic carbocycles. The number of aryl methyl sites for hydroxylation is 1. The molecule has 0 radical (unpaired) electrons. The Hall–Kier alpha value is -2.56. The summed E-state index contributed by atoms with van der Waals surface area (Å²) in [6.45, 7) is 6.71. The lowest BCUT2D eigenvalue weighted by atomic mass is 10.2. The number of likely N-dealkylation sites (N-methyl/N-ethyl adjacent to an activating group) is 1. The van der Waals surface area contributed by atoms with Gasteiger partial charge in [0, 0.05) is 31.9 Å². The van der Waals surface area contributed by atoms with Crippen LogP contribution in [0.4, 0.5) is 14.9 Å². The van der Waals surface area contributed by atoms with Crippen molar-refractivity contribution in [1.29, 1.82) is 0 Å². The minimum atomic E-state index is -0.279. The number of anilines is 1. The van der Waals surface area contributed by atoms with Gasteiger partial charge >= 0.3 is 6.03 Å². The molecule has 4 nitrogen and oxygen atoms in total. The van der Waals surface area contributed by atoms with Gasteiger partial charge in [-0.2, -0.15) is 0 Å². The molecule has 0 saturated heterocycles. The van der Waals surface area contributed by atoms with Crippen LogP contribution < -0.4 is 15.5 Å². The Labute approximate surface area is 142 Å². The van der Waals surface area contributed by atoms with Crippen LogP contribution >= 0.6 is 0 Å². The lowest BCUT2D eigenvalue weighted by Crippen LogP contribution is -2.40. The first kappa shape index (κ1) is 17.8. The second-order valence-electron chi connectivity index (χ2n) is 5.65. The summed E-state index contributed by atoms with van der Waals surface area (Å²) in [5.41, 5.74) is 3.24. The van der Waals surface area contributed by atoms with Crippen molar-refractivity contribution in [1.82, 2.24) is 10.6 Å². The zero-order chi connectivity index (χ0) is 17.4.